The molecular formula is C16H21N3O2. The summed E-state index contributed by atoms with van der Waals surface area (Å²) in [6, 6.07) is 6.48. The quantitative estimate of drug-likeness (QED) is 0.832. The van der Waals surface area contributed by atoms with Gasteiger partial charge in [0.25, 0.3) is 0 Å². The van der Waals surface area contributed by atoms with Gasteiger partial charge in [-0.15, -0.1) is 0 Å². The van der Waals surface area contributed by atoms with Crippen molar-refractivity contribution in [1.29, 1.82) is 5.26 Å². The Labute approximate surface area is 125 Å². The van der Waals surface area contributed by atoms with Crippen LogP contribution in [-0.4, -0.2) is 40.9 Å². The number of likely N-dealkylation sites (tertiary alicyclic amines) is 1. The van der Waals surface area contributed by atoms with E-state index in [0.29, 0.717) is 17.8 Å². The summed E-state index contributed by atoms with van der Waals surface area (Å²) in [5, 5.41) is 8.81. The fourth-order valence-corrected chi connectivity index (χ4v) is 3.18. The lowest BCUT2D eigenvalue weighted by Gasteiger charge is -2.30. The maximum Gasteiger partial charge on any atom is 0.219 e. The van der Waals surface area contributed by atoms with Crippen molar-refractivity contribution in [3.63, 3.8) is 0 Å². The van der Waals surface area contributed by atoms with Gasteiger partial charge in [0, 0.05) is 25.6 Å². The van der Waals surface area contributed by atoms with Gasteiger partial charge in [-0.1, -0.05) is 0 Å². The summed E-state index contributed by atoms with van der Waals surface area (Å²) in [6.45, 7) is 4.25. The highest BCUT2D eigenvalue weighted by molar-refractivity contribution is 5.74. The van der Waals surface area contributed by atoms with Gasteiger partial charge in [-0.3, -0.25) is 9.69 Å². The third kappa shape index (κ3) is 3.27. The zero-order valence-electron chi connectivity index (χ0n) is 12.4. The van der Waals surface area contributed by atoms with Gasteiger partial charge in [0.1, 0.15) is 11.8 Å². The maximum absolute atomic E-state index is 11.8. The van der Waals surface area contributed by atoms with Crippen molar-refractivity contribution in [2.75, 3.05) is 13.1 Å². The molecule has 1 saturated heterocycles. The minimum absolute atomic E-state index is 0.189. The van der Waals surface area contributed by atoms with Crippen LogP contribution >= 0.6 is 0 Å². The molecule has 1 saturated carbocycles. The Morgan fingerprint density at radius 3 is 2.90 bits per heavy atom. The molecule has 0 N–H and O–H groups in total. The average Bonchev–Trinajstić information content (AvgIpc) is 3.04. The number of amides is 1. The Morgan fingerprint density at radius 1 is 1.48 bits per heavy atom. The summed E-state index contributed by atoms with van der Waals surface area (Å²) in [4.78, 5) is 16.2. The zero-order valence-corrected chi connectivity index (χ0v) is 12.4. The van der Waals surface area contributed by atoms with Gasteiger partial charge in [-0.25, -0.2) is 0 Å². The molecule has 5 heteroatoms. The molecule has 21 heavy (non-hydrogen) atoms. The fourth-order valence-electron chi connectivity index (χ4n) is 3.18. The summed E-state index contributed by atoms with van der Waals surface area (Å²) in [6.07, 6.45) is 4.58. The van der Waals surface area contributed by atoms with E-state index in [1.54, 1.807) is 13.0 Å². The number of carbonyl (C=O) groups is 1. The van der Waals surface area contributed by atoms with E-state index >= 15 is 0 Å². The molecule has 2 aliphatic rings. The first-order valence-electron chi connectivity index (χ1n) is 7.67. The zero-order chi connectivity index (χ0) is 14.8. The molecule has 5 nitrogen and oxygen atoms in total. The summed E-state index contributed by atoms with van der Waals surface area (Å²) < 4.78 is 5.47. The lowest BCUT2D eigenvalue weighted by atomic mass is 10.2. The molecule has 1 aliphatic heterocycles. The van der Waals surface area contributed by atoms with Crippen LogP contribution < -0.4 is 0 Å². The van der Waals surface area contributed by atoms with Crippen LogP contribution in [0.3, 0.4) is 0 Å². The van der Waals surface area contributed by atoms with E-state index in [-0.39, 0.29) is 5.91 Å². The van der Waals surface area contributed by atoms with Gasteiger partial charge in [0.05, 0.1) is 6.54 Å². The molecule has 2 fully saturated rings. The van der Waals surface area contributed by atoms with Crippen molar-refractivity contribution < 1.29 is 9.21 Å². The topological polar surface area (TPSA) is 60.5 Å². The lowest BCUT2D eigenvalue weighted by Crippen LogP contribution is -2.43. The van der Waals surface area contributed by atoms with Gasteiger partial charge in [0.15, 0.2) is 0 Å². The summed E-state index contributed by atoms with van der Waals surface area (Å²) in [5.41, 5.74) is 0. The van der Waals surface area contributed by atoms with E-state index in [1.165, 1.54) is 0 Å². The summed E-state index contributed by atoms with van der Waals surface area (Å²) >= 11 is 0. The van der Waals surface area contributed by atoms with Crippen molar-refractivity contribution >= 4 is 5.91 Å². The molecule has 1 aromatic rings. The lowest BCUT2D eigenvalue weighted by molar-refractivity contribution is -0.130. The van der Waals surface area contributed by atoms with E-state index in [0.717, 1.165) is 51.1 Å². The van der Waals surface area contributed by atoms with Crippen molar-refractivity contribution in [1.82, 2.24) is 9.80 Å². The predicted molar refractivity (Wildman–Crippen MR) is 77.3 cm³/mol. The van der Waals surface area contributed by atoms with Crippen molar-refractivity contribution in [3.05, 3.63) is 23.7 Å². The van der Waals surface area contributed by atoms with E-state index in [1.807, 2.05) is 17.0 Å². The van der Waals surface area contributed by atoms with Crippen molar-refractivity contribution in [2.45, 2.75) is 51.2 Å². The highest BCUT2D eigenvalue weighted by Gasteiger charge is 2.35. The van der Waals surface area contributed by atoms with E-state index < -0.39 is 0 Å². The van der Waals surface area contributed by atoms with Gasteiger partial charge in [0.2, 0.25) is 11.7 Å². The van der Waals surface area contributed by atoms with Crippen LogP contribution in [0, 0.1) is 11.3 Å². The first kappa shape index (κ1) is 14.2. The Morgan fingerprint density at radius 2 is 2.29 bits per heavy atom. The van der Waals surface area contributed by atoms with Crippen LogP contribution in [0.25, 0.3) is 0 Å². The minimum Gasteiger partial charge on any atom is -0.449 e. The minimum atomic E-state index is 0.189. The van der Waals surface area contributed by atoms with Gasteiger partial charge >= 0.3 is 0 Å². The predicted octanol–water partition coefficient (Wildman–Crippen LogP) is 2.13. The van der Waals surface area contributed by atoms with Gasteiger partial charge < -0.3 is 9.32 Å². The Hall–Kier alpha value is -1.80. The molecule has 1 unspecified atom stereocenters. The molecule has 112 valence electrons. The molecule has 0 spiro atoms. The Bertz CT molecular complexity index is 556. The normalized spacial score (nSPS) is 22.2. The molecule has 0 radical (unpaired) electrons. The van der Waals surface area contributed by atoms with Crippen LogP contribution in [0.2, 0.25) is 0 Å². The fraction of sp³-hybridized carbons (Fsp3) is 0.625. The van der Waals surface area contributed by atoms with Crippen LogP contribution in [0.4, 0.5) is 0 Å². The van der Waals surface area contributed by atoms with Crippen molar-refractivity contribution in [2.24, 2.45) is 0 Å². The SMILES string of the molecule is CC(=O)N(CC1CCCN1Cc1ccc(C#N)o1)C1CC1. The number of nitrogens with zero attached hydrogens (tertiary/aromatic N) is 3. The monoisotopic (exact) mass is 287 g/mol. The molecule has 1 amide bonds. The van der Waals surface area contributed by atoms with Crippen LogP contribution in [0.5, 0.6) is 0 Å². The number of hydrogen-bond donors (Lipinski definition) is 0. The third-order valence-electron chi connectivity index (χ3n) is 4.43. The second-order valence-electron chi connectivity index (χ2n) is 6.05. The highest BCUT2D eigenvalue weighted by Crippen LogP contribution is 2.29. The van der Waals surface area contributed by atoms with Gasteiger partial charge in [-0.2, -0.15) is 5.26 Å². The van der Waals surface area contributed by atoms with E-state index in [4.69, 9.17) is 9.68 Å². The van der Waals surface area contributed by atoms with Crippen molar-refractivity contribution in [3.8, 4) is 6.07 Å². The average molecular weight is 287 g/mol. The molecular weight excluding hydrogens is 266 g/mol. The van der Waals surface area contributed by atoms with Gasteiger partial charge in [-0.05, 0) is 44.4 Å². The second-order valence-corrected chi connectivity index (χ2v) is 6.05. The van der Waals surface area contributed by atoms with Crippen LogP contribution in [-0.2, 0) is 11.3 Å². The Kier molecular flexibility index (Phi) is 3.98. The molecule has 3 rings (SSSR count). The highest BCUT2D eigenvalue weighted by atomic mass is 16.3. The second kappa shape index (κ2) is 5.90. The third-order valence-corrected chi connectivity index (χ3v) is 4.43. The Balaban J connectivity index is 1.62. The standard InChI is InChI=1S/C16H21N3O2/c1-12(20)19(13-4-5-13)10-14-3-2-8-18(14)11-16-7-6-15(9-17)21-16/h6-7,13-14H,2-5,8,10-11H2,1H3. The van der Waals surface area contributed by atoms with Crippen LogP contribution in [0.1, 0.15) is 44.1 Å². The first-order chi connectivity index (χ1) is 10.2. The molecule has 1 aliphatic carbocycles. The smallest absolute Gasteiger partial charge is 0.219 e. The number of rotatable bonds is 5. The largest absolute Gasteiger partial charge is 0.449 e. The molecule has 0 bridgehead atoms. The number of hydrogen-bond acceptors (Lipinski definition) is 4. The first-order valence-corrected chi connectivity index (χ1v) is 7.67. The number of furan rings is 1. The molecule has 0 aromatic carbocycles. The molecule has 2 heterocycles. The number of nitriles is 1. The molecule has 1 aromatic heterocycles. The summed E-state index contributed by atoms with van der Waals surface area (Å²) in [7, 11) is 0. The summed E-state index contributed by atoms with van der Waals surface area (Å²) in [5.74, 6) is 1.39. The van der Waals surface area contributed by atoms with E-state index in [2.05, 4.69) is 4.90 Å². The molecule has 1 atom stereocenters. The maximum atomic E-state index is 11.8. The number of carbonyl (C=O) groups excluding carboxylic acids is 1. The van der Waals surface area contributed by atoms with E-state index in [9.17, 15) is 4.79 Å². The van der Waals surface area contributed by atoms with Crippen LogP contribution in [0.15, 0.2) is 16.5 Å².